The number of carbonyl (C=O) groups is 1. The van der Waals surface area contributed by atoms with E-state index in [1.165, 1.54) is 34.9 Å². The third-order valence-corrected chi connectivity index (χ3v) is 4.90. The van der Waals surface area contributed by atoms with E-state index in [0.29, 0.717) is 17.3 Å². The van der Waals surface area contributed by atoms with Crippen LogP contribution >= 0.6 is 0 Å². The minimum atomic E-state index is -2.72. The van der Waals surface area contributed by atoms with E-state index in [2.05, 4.69) is 39.9 Å². The minimum Gasteiger partial charge on any atom is -0.373 e. The molecule has 0 spiro atoms. The number of fused-ring (bicyclic) bond motifs is 1. The van der Waals surface area contributed by atoms with Crippen molar-refractivity contribution in [3.8, 4) is 0 Å². The Kier molecular flexibility index (Phi) is 6.75. The van der Waals surface area contributed by atoms with Gasteiger partial charge in [0.15, 0.2) is 5.65 Å². The smallest absolute Gasteiger partial charge is 0.274 e. The molecule has 11 heteroatoms. The Balaban J connectivity index is 0.000000913. The number of hydrogen-bond donors (Lipinski definition) is 3. The van der Waals surface area contributed by atoms with Gasteiger partial charge in [0.25, 0.3) is 17.4 Å². The van der Waals surface area contributed by atoms with E-state index in [9.17, 15) is 18.4 Å². The summed E-state index contributed by atoms with van der Waals surface area (Å²) in [6.45, 7) is 4.25. The molecular weight excluding hydrogens is 420 g/mol. The van der Waals surface area contributed by atoms with Gasteiger partial charge >= 0.3 is 0 Å². The number of nitrogens with zero attached hydrogens (tertiary/aromatic N) is 4. The van der Waals surface area contributed by atoms with Crippen LogP contribution in [0.5, 0.6) is 0 Å². The Hall–Kier alpha value is -3.50. The number of nitrogens with one attached hydrogen (secondary N) is 3. The molecule has 1 saturated carbocycles. The first-order valence-corrected chi connectivity index (χ1v) is 10.4. The number of amides is 1. The molecule has 0 radical (unpaired) electrons. The highest BCUT2D eigenvalue weighted by Crippen LogP contribution is 2.44. The number of carbonyl (C=O) groups excluding carboxylic acids is 1. The summed E-state index contributed by atoms with van der Waals surface area (Å²) in [5, 5.41) is 12.6. The van der Waals surface area contributed by atoms with Crippen molar-refractivity contribution < 1.29 is 13.6 Å². The average Bonchev–Trinajstić information content (AvgIpc) is 3.17. The molecule has 3 aromatic heterocycles. The van der Waals surface area contributed by atoms with Gasteiger partial charge in [0.2, 0.25) is 0 Å². The molecule has 3 N–H and O–H groups in total. The summed E-state index contributed by atoms with van der Waals surface area (Å²) in [6, 6.07) is 4.27. The number of halogens is 2. The third kappa shape index (κ3) is 4.56. The van der Waals surface area contributed by atoms with E-state index < -0.39 is 17.5 Å². The zero-order valence-corrected chi connectivity index (χ0v) is 18.4. The Bertz CT molecular complexity index is 1160. The molecule has 3 aromatic rings. The number of anilines is 3. The van der Waals surface area contributed by atoms with Gasteiger partial charge in [-0.15, -0.1) is 0 Å². The summed E-state index contributed by atoms with van der Waals surface area (Å²) in [7, 11) is 3.19. The fourth-order valence-corrected chi connectivity index (χ4v) is 3.36. The second kappa shape index (κ2) is 9.33. The van der Waals surface area contributed by atoms with Crippen LogP contribution in [0.15, 0.2) is 35.4 Å². The second-order valence-electron chi connectivity index (χ2n) is 7.53. The van der Waals surface area contributed by atoms with Crippen LogP contribution in [-0.2, 0) is 0 Å². The van der Waals surface area contributed by atoms with Crippen LogP contribution in [0.3, 0.4) is 0 Å². The Morgan fingerprint density at radius 3 is 2.56 bits per heavy atom. The van der Waals surface area contributed by atoms with Crippen molar-refractivity contribution in [2.75, 3.05) is 24.7 Å². The van der Waals surface area contributed by atoms with Crippen molar-refractivity contribution in [3.05, 3.63) is 46.5 Å². The monoisotopic (exact) mass is 447 g/mol. The van der Waals surface area contributed by atoms with Gasteiger partial charge in [-0.3, -0.25) is 9.59 Å². The van der Waals surface area contributed by atoms with Crippen LogP contribution in [0, 0.1) is 0 Å². The van der Waals surface area contributed by atoms with E-state index in [1.807, 2.05) is 0 Å². The lowest BCUT2D eigenvalue weighted by Crippen LogP contribution is -2.41. The maximum absolute atomic E-state index is 13.2. The Morgan fingerprint density at radius 1 is 1.28 bits per heavy atom. The molecule has 3 heterocycles. The van der Waals surface area contributed by atoms with Crippen molar-refractivity contribution in [2.45, 2.75) is 45.1 Å². The Labute approximate surface area is 183 Å². The maximum Gasteiger partial charge on any atom is 0.274 e. The highest BCUT2D eigenvalue weighted by Gasteiger charge is 2.46. The Morgan fingerprint density at radius 2 is 1.97 bits per heavy atom. The summed E-state index contributed by atoms with van der Waals surface area (Å²) in [5.41, 5.74) is 0.353. The van der Waals surface area contributed by atoms with Crippen LogP contribution in [0.4, 0.5) is 26.1 Å². The summed E-state index contributed by atoms with van der Waals surface area (Å²) in [4.78, 5) is 29.2. The summed E-state index contributed by atoms with van der Waals surface area (Å²) < 4.78 is 29.2. The van der Waals surface area contributed by atoms with Crippen LogP contribution in [0.25, 0.3) is 5.65 Å². The van der Waals surface area contributed by atoms with Gasteiger partial charge in [-0.05, 0) is 12.1 Å². The topological polar surface area (TPSA) is 105 Å². The van der Waals surface area contributed by atoms with Crippen molar-refractivity contribution in [1.29, 1.82) is 0 Å². The van der Waals surface area contributed by atoms with Crippen molar-refractivity contribution in [3.63, 3.8) is 0 Å². The molecule has 1 amide bonds. The molecule has 0 atom stereocenters. The SMILES string of the molecule is CCC.CNC(=O)c1cnn2c(NC)cc(Nc3cccn(C4CC(F)(F)C4)c3=O)nc12. The molecule has 1 fully saturated rings. The summed E-state index contributed by atoms with van der Waals surface area (Å²) in [6.07, 6.45) is 3.45. The molecule has 0 aliphatic heterocycles. The highest BCUT2D eigenvalue weighted by atomic mass is 19.3. The predicted octanol–water partition coefficient (Wildman–Crippen LogP) is 3.42. The van der Waals surface area contributed by atoms with Gasteiger partial charge in [-0.25, -0.2) is 13.8 Å². The molecule has 4 rings (SSSR count). The average molecular weight is 447 g/mol. The quantitative estimate of drug-likeness (QED) is 0.554. The van der Waals surface area contributed by atoms with Gasteiger partial charge in [0, 0.05) is 45.2 Å². The molecule has 0 saturated heterocycles. The van der Waals surface area contributed by atoms with Crippen LogP contribution < -0.4 is 21.5 Å². The molecule has 1 aliphatic rings. The molecule has 1 aliphatic carbocycles. The number of aromatic nitrogens is 4. The van der Waals surface area contributed by atoms with Crippen LogP contribution in [-0.4, -0.2) is 45.1 Å². The largest absolute Gasteiger partial charge is 0.373 e. The predicted molar refractivity (Wildman–Crippen MR) is 119 cm³/mol. The number of pyridine rings is 1. The summed E-state index contributed by atoms with van der Waals surface area (Å²) in [5.74, 6) is -2.22. The maximum atomic E-state index is 13.2. The van der Waals surface area contributed by atoms with E-state index in [0.717, 1.165) is 0 Å². The van der Waals surface area contributed by atoms with Gasteiger partial charge in [-0.1, -0.05) is 20.3 Å². The number of rotatable bonds is 5. The highest BCUT2D eigenvalue weighted by molar-refractivity contribution is 5.99. The molecule has 172 valence electrons. The van der Waals surface area contributed by atoms with E-state index >= 15 is 0 Å². The first-order valence-electron chi connectivity index (χ1n) is 10.4. The molecule has 9 nitrogen and oxygen atoms in total. The first-order chi connectivity index (χ1) is 15.2. The van der Waals surface area contributed by atoms with Gasteiger partial charge in [0.05, 0.1) is 6.20 Å². The van der Waals surface area contributed by atoms with Crippen molar-refractivity contribution in [2.24, 2.45) is 0 Å². The van der Waals surface area contributed by atoms with Crippen molar-refractivity contribution >= 4 is 28.9 Å². The van der Waals surface area contributed by atoms with Gasteiger partial charge < -0.3 is 20.5 Å². The zero-order chi connectivity index (χ0) is 23.5. The standard InChI is InChI=1S/C18H19F2N7O2.C3H8/c1-21-14-6-13(25-15-11(16(28)22-2)9-23-27(14)15)24-12-4-3-5-26(17(12)29)10-7-18(19,20)8-10;1-3-2/h3-6,9-10,21H,7-8H2,1-2H3,(H,22,28)(H,24,25);3H2,1-2H3. The van der Waals surface area contributed by atoms with Crippen LogP contribution in [0.1, 0.15) is 49.5 Å². The number of alkyl halides is 2. The van der Waals surface area contributed by atoms with Crippen molar-refractivity contribution in [1.82, 2.24) is 24.5 Å². The minimum absolute atomic E-state index is 0.197. The second-order valence-corrected chi connectivity index (χ2v) is 7.53. The van der Waals surface area contributed by atoms with Gasteiger partial charge in [-0.2, -0.15) is 9.61 Å². The van der Waals surface area contributed by atoms with Crippen LogP contribution in [0.2, 0.25) is 0 Å². The van der Waals surface area contributed by atoms with E-state index in [1.54, 1.807) is 25.2 Å². The molecule has 32 heavy (non-hydrogen) atoms. The van der Waals surface area contributed by atoms with Gasteiger partial charge in [0.1, 0.15) is 22.9 Å². The zero-order valence-electron chi connectivity index (χ0n) is 18.4. The van der Waals surface area contributed by atoms with E-state index in [-0.39, 0.29) is 30.0 Å². The lowest BCUT2D eigenvalue weighted by molar-refractivity contribution is -0.104. The first kappa shape index (κ1) is 23.2. The molecular formula is C21H27F2N7O2. The number of hydrogen-bond acceptors (Lipinski definition) is 6. The summed E-state index contributed by atoms with van der Waals surface area (Å²) >= 11 is 0. The molecule has 0 unspecified atom stereocenters. The molecule has 0 bridgehead atoms. The normalized spacial score (nSPS) is 14.8. The lowest BCUT2D eigenvalue weighted by atomic mass is 9.88. The lowest BCUT2D eigenvalue weighted by Gasteiger charge is -2.36. The third-order valence-electron chi connectivity index (χ3n) is 4.90. The molecule has 0 aromatic carbocycles. The van der Waals surface area contributed by atoms with E-state index in [4.69, 9.17) is 0 Å². The fraction of sp³-hybridized carbons (Fsp3) is 0.429. The fourth-order valence-electron chi connectivity index (χ4n) is 3.36.